The molecule has 0 unspecified atom stereocenters. The Kier molecular flexibility index (Phi) is 5.43. The minimum absolute atomic E-state index is 0.123. The number of aromatic amines is 1. The smallest absolute Gasteiger partial charge is 0.335 e. The molecule has 0 bridgehead atoms. The van der Waals surface area contributed by atoms with Crippen LogP contribution in [0.2, 0.25) is 0 Å². The molecule has 3 heterocycles. The maximum atomic E-state index is 12.2. The molecule has 0 amide bonds. The highest BCUT2D eigenvalue weighted by atomic mass is 16.6. The topological polar surface area (TPSA) is 142 Å². The van der Waals surface area contributed by atoms with Crippen molar-refractivity contribution in [1.29, 1.82) is 0 Å². The largest absolute Gasteiger partial charge is 0.460 e. The van der Waals surface area contributed by atoms with Gasteiger partial charge in [-0.2, -0.15) is 0 Å². The summed E-state index contributed by atoms with van der Waals surface area (Å²) in [5.41, 5.74) is 8.10. The second-order valence-electron chi connectivity index (χ2n) is 6.16. The van der Waals surface area contributed by atoms with Crippen molar-refractivity contribution in [2.75, 3.05) is 13.7 Å². The molecule has 1 aromatic heterocycles. The summed E-state index contributed by atoms with van der Waals surface area (Å²) < 4.78 is 12.3. The molecule has 3 atom stereocenters. The van der Waals surface area contributed by atoms with Gasteiger partial charge in [0.05, 0.1) is 11.6 Å². The fourth-order valence-electron chi connectivity index (χ4n) is 2.95. The third kappa shape index (κ3) is 4.27. The van der Waals surface area contributed by atoms with Crippen molar-refractivity contribution in [3.05, 3.63) is 67.6 Å². The van der Waals surface area contributed by atoms with Crippen LogP contribution < -0.4 is 11.2 Å². The first-order valence-electron chi connectivity index (χ1n) is 8.25. The average molecular weight is 374 g/mol. The Balaban J connectivity index is 1.68. The number of azide groups is 1. The summed E-state index contributed by atoms with van der Waals surface area (Å²) in [4.78, 5) is 42.0. The lowest BCUT2D eigenvalue weighted by Gasteiger charge is -2.18. The molecule has 0 saturated carbocycles. The van der Waals surface area contributed by atoms with E-state index in [0.29, 0.717) is 12.0 Å². The summed E-state index contributed by atoms with van der Waals surface area (Å²) in [6.45, 7) is -0.123. The van der Waals surface area contributed by atoms with Gasteiger partial charge in [0.2, 0.25) is 0 Å². The molecular formula is C16H18N6O5. The van der Waals surface area contributed by atoms with Gasteiger partial charge in [-0.15, -0.1) is 0 Å². The maximum absolute atomic E-state index is 12.2. The van der Waals surface area contributed by atoms with E-state index in [0.717, 1.165) is 0 Å². The lowest BCUT2D eigenvalue weighted by Crippen LogP contribution is -2.32. The van der Waals surface area contributed by atoms with E-state index >= 15 is 0 Å². The normalized spacial score (nSPS) is 24.3. The van der Waals surface area contributed by atoms with E-state index in [-0.39, 0.29) is 13.0 Å². The second-order valence-corrected chi connectivity index (χ2v) is 6.16. The number of nitrogens with zero attached hydrogens (tertiary/aromatic N) is 5. The summed E-state index contributed by atoms with van der Waals surface area (Å²) >= 11 is 0. The number of carbonyl (C=O) groups is 1. The predicted molar refractivity (Wildman–Crippen MR) is 93.3 cm³/mol. The molecule has 3 rings (SSSR count). The van der Waals surface area contributed by atoms with Gasteiger partial charge in [-0.05, 0) is 11.7 Å². The van der Waals surface area contributed by atoms with Crippen LogP contribution in [0.3, 0.4) is 0 Å². The van der Waals surface area contributed by atoms with Crippen molar-refractivity contribution in [3.63, 3.8) is 0 Å². The Morgan fingerprint density at radius 1 is 1.52 bits per heavy atom. The first kappa shape index (κ1) is 18.5. The zero-order valence-electron chi connectivity index (χ0n) is 14.5. The number of H-pyrrole nitrogens is 1. The van der Waals surface area contributed by atoms with Crippen LogP contribution in [0.5, 0.6) is 0 Å². The van der Waals surface area contributed by atoms with E-state index in [1.54, 1.807) is 18.1 Å². The molecular weight excluding hydrogens is 356 g/mol. The Labute approximate surface area is 153 Å². The molecule has 11 heteroatoms. The van der Waals surface area contributed by atoms with Gasteiger partial charge in [0, 0.05) is 43.3 Å². The van der Waals surface area contributed by atoms with Crippen LogP contribution >= 0.6 is 0 Å². The Bertz CT molecular complexity index is 941. The molecule has 11 nitrogen and oxygen atoms in total. The molecule has 27 heavy (non-hydrogen) atoms. The van der Waals surface area contributed by atoms with Crippen molar-refractivity contribution < 1.29 is 14.3 Å². The van der Waals surface area contributed by atoms with Gasteiger partial charge < -0.3 is 14.4 Å². The zero-order chi connectivity index (χ0) is 19.4. The van der Waals surface area contributed by atoms with Gasteiger partial charge in [-0.25, -0.2) is 9.59 Å². The number of allylic oxidation sites excluding steroid dienone is 1. The van der Waals surface area contributed by atoms with Crippen LogP contribution in [-0.2, 0) is 14.3 Å². The summed E-state index contributed by atoms with van der Waals surface area (Å²) in [6.07, 6.45) is 5.89. The molecule has 0 radical (unpaired) electrons. The monoisotopic (exact) mass is 374 g/mol. The molecule has 2 aliphatic rings. The molecule has 0 aromatic carbocycles. The standard InChI is InChI=1S/C16H18N6O5/c1-21-5-2-3-10(8-21)15(24)26-9-12-11(19-20-17)7-14(27-12)22-6-4-13(23)18-16(22)25/h2,4-6,8,11-12,14H,3,7,9H2,1H3,(H,18,23,25)/t11-,12+,14+/m1/s1. The van der Waals surface area contributed by atoms with Crippen LogP contribution in [0.25, 0.3) is 10.4 Å². The lowest BCUT2D eigenvalue weighted by molar-refractivity contribution is -0.144. The lowest BCUT2D eigenvalue weighted by atomic mass is 10.1. The third-order valence-corrected chi connectivity index (χ3v) is 4.24. The molecule has 2 aliphatic heterocycles. The number of carbonyl (C=O) groups excluding carboxylic acids is 1. The fraction of sp³-hybridized carbons (Fsp3) is 0.438. The van der Waals surface area contributed by atoms with Gasteiger partial charge in [0.15, 0.2) is 0 Å². The molecule has 1 N–H and O–H groups in total. The van der Waals surface area contributed by atoms with Gasteiger partial charge in [0.1, 0.15) is 18.9 Å². The summed E-state index contributed by atoms with van der Waals surface area (Å²) in [7, 11) is 1.80. The van der Waals surface area contributed by atoms with E-state index in [9.17, 15) is 14.4 Å². The number of ether oxygens (including phenoxy) is 2. The van der Waals surface area contributed by atoms with Gasteiger partial charge >= 0.3 is 11.7 Å². The maximum Gasteiger partial charge on any atom is 0.335 e. The predicted octanol–water partition coefficient (Wildman–Crippen LogP) is 0.779. The highest BCUT2D eigenvalue weighted by molar-refractivity contribution is 5.88. The Hall–Kier alpha value is -3.30. The van der Waals surface area contributed by atoms with Crippen LogP contribution in [0, 0.1) is 0 Å². The van der Waals surface area contributed by atoms with Gasteiger partial charge in [-0.3, -0.25) is 14.3 Å². The van der Waals surface area contributed by atoms with Crippen LogP contribution in [0.4, 0.5) is 0 Å². The van der Waals surface area contributed by atoms with Gasteiger partial charge in [0.25, 0.3) is 5.56 Å². The molecule has 1 saturated heterocycles. The third-order valence-electron chi connectivity index (χ3n) is 4.24. The SMILES string of the molecule is CN1C=CCC(C(=O)OC[C@@H]2O[C@H](n3ccc(=O)[nH]c3=O)C[C@H]2N=[N+]=[N-])=C1. The van der Waals surface area contributed by atoms with E-state index in [1.165, 1.54) is 16.8 Å². The van der Waals surface area contributed by atoms with Crippen molar-refractivity contribution in [3.8, 4) is 0 Å². The second kappa shape index (κ2) is 7.94. The Morgan fingerprint density at radius 2 is 2.33 bits per heavy atom. The molecule has 0 aliphatic carbocycles. The summed E-state index contributed by atoms with van der Waals surface area (Å²) in [6, 6.07) is 0.579. The summed E-state index contributed by atoms with van der Waals surface area (Å²) in [5, 5.41) is 3.67. The van der Waals surface area contributed by atoms with Crippen molar-refractivity contribution in [2.45, 2.75) is 31.2 Å². The van der Waals surface area contributed by atoms with Crippen molar-refractivity contribution in [2.24, 2.45) is 5.11 Å². The number of nitrogens with one attached hydrogen (secondary N) is 1. The van der Waals surface area contributed by atoms with Crippen LogP contribution in [-0.4, -0.2) is 46.2 Å². The average Bonchev–Trinajstić information content (AvgIpc) is 3.02. The van der Waals surface area contributed by atoms with Crippen LogP contribution in [0.1, 0.15) is 19.1 Å². The van der Waals surface area contributed by atoms with E-state index in [1.807, 2.05) is 12.3 Å². The minimum Gasteiger partial charge on any atom is -0.460 e. The van der Waals surface area contributed by atoms with Crippen molar-refractivity contribution >= 4 is 5.97 Å². The zero-order valence-corrected chi connectivity index (χ0v) is 14.5. The molecule has 142 valence electrons. The molecule has 1 fully saturated rings. The number of rotatable bonds is 5. The summed E-state index contributed by atoms with van der Waals surface area (Å²) in [5.74, 6) is -0.487. The van der Waals surface area contributed by atoms with E-state index in [4.69, 9.17) is 15.0 Å². The number of hydrogen-bond acceptors (Lipinski definition) is 7. The number of hydrogen-bond donors (Lipinski definition) is 1. The quantitative estimate of drug-likeness (QED) is 0.349. The van der Waals surface area contributed by atoms with E-state index in [2.05, 4.69) is 15.0 Å². The van der Waals surface area contributed by atoms with Crippen LogP contribution in [0.15, 0.2) is 51.0 Å². The molecule has 1 aromatic rings. The first-order valence-corrected chi connectivity index (χ1v) is 8.25. The minimum atomic E-state index is -0.739. The highest BCUT2D eigenvalue weighted by Gasteiger charge is 2.37. The van der Waals surface area contributed by atoms with Gasteiger partial charge in [-0.1, -0.05) is 11.2 Å². The number of esters is 1. The molecule has 0 spiro atoms. The first-order chi connectivity index (χ1) is 13.0. The fourth-order valence-corrected chi connectivity index (χ4v) is 2.95. The van der Waals surface area contributed by atoms with E-state index < -0.39 is 35.6 Å². The number of aromatic nitrogens is 2. The highest BCUT2D eigenvalue weighted by Crippen LogP contribution is 2.30. The van der Waals surface area contributed by atoms with Crippen molar-refractivity contribution in [1.82, 2.24) is 14.5 Å². The Morgan fingerprint density at radius 3 is 3.04 bits per heavy atom.